The summed E-state index contributed by atoms with van der Waals surface area (Å²) in [7, 11) is 0. The zero-order valence-corrected chi connectivity index (χ0v) is 11.5. The van der Waals surface area contributed by atoms with E-state index in [2.05, 4.69) is 4.98 Å². The summed E-state index contributed by atoms with van der Waals surface area (Å²) in [6.07, 6.45) is 0.496. The number of hydrogen-bond acceptors (Lipinski definition) is 1. The molecule has 0 aliphatic heterocycles. The average molecular weight is 289 g/mol. The third kappa shape index (κ3) is 2.30. The first kappa shape index (κ1) is 13.2. The van der Waals surface area contributed by atoms with Crippen LogP contribution in [-0.4, -0.2) is 11.5 Å². The molecule has 20 heavy (non-hydrogen) atoms. The molecule has 0 amide bonds. The smallest absolute Gasteiger partial charge is 0.127 e. The summed E-state index contributed by atoms with van der Waals surface area (Å²) in [4.78, 5) is 3.30. The molecule has 0 atom stereocenters. The van der Waals surface area contributed by atoms with Gasteiger partial charge in [0, 0.05) is 22.2 Å². The number of nitrogens with one attached hydrogen (secondary N) is 1. The molecular weight excluding hydrogens is 275 g/mol. The Morgan fingerprint density at radius 1 is 1.15 bits per heavy atom. The van der Waals surface area contributed by atoms with Gasteiger partial charge in [-0.25, -0.2) is 4.39 Å². The zero-order chi connectivity index (χ0) is 14.1. The first-order valence-electron chi connectivity index (χ1n) is 6.45. The lowest BCUT2D eigenvalue weighted by Crippen LogP contribution is -2.04. The van der Waals surface area contributed by atoms with E-state index in [0.29, 0.717) is 23.6 Å². The van der Waals surface area contributed by atoms with Crippen LogP contribution in [-0.2, 0) is 6.42 Å². The average Bonchev–Trinajstić information content (AvgIpc) is 2.85. The van der Waals surface area contributed by atoms with E-state index in [4.69, 9.17) is 17.3 Å². The summed E-state index contributed by atoms with van der Waals surface area (Å²) in [6.45, 7) is 0.407. The highest BCUT2D eigenvalue weighted by Gasteiger charge is 2.12. The quantitative estimate of drug-likeness (QED) is 0.747. The number of hydrogen-bond donors (Lipinski definition) is 2. The first-order chi connectivity index (χ1) is 9.69. The second-order valence-electron chi connectivity index (χ2n) is 4.73. The fraction of sp³-hybridized carbons (Fsp3) is 0.125. The molecule has 0 saturated carbocycles. The highest BCUT2D eigenvalue weighted by molar-refractivity contribution is 6.33. The van der Waals surface area contributed by atoms with E-state index in [-0.39, 0.29) is 5.82 Å². The van der Waals surface area contributed by atoms with Gasteiger partial charge in [0.1, 0.15) is 5.82 Å². The van der Waals surface area contributed by atoms with Gasteiger partial charge in [-0.1, -0.05) is 29.8 Å². The molecule has 0 radical (unpaired) electrons. The van der Waals surface area contributed by atoms with E-state index in [1.165, 1.54) is 6.07 Å². The van der Waals surface area contributed by atoms with Crippen molar-refractivity contribution < 1.29 is 4.39 Å². The Kier molecular flexibility index (Phi) is 3.47. The molecule has 2 aromatic carbocycles. The monoisotopic (exact) mass is 288 g/mol. The number of fused-ring (bicyclic) bond motifs is 1. The number of rotatable bonds is 3. The van der Waals surface area contributed by atoms with Crippen LogP contribution in [0.5, 0.6) is 0 Å². The molecule has 0 spiro atoms. The summed E-state index contributed by atoms with van der Waals surface area (Å²) in [5.41, 5.74) is 8.81. The Morgan fingerprint density at radius 3 is 2.70 bits per heavy atom. The predicted molar refractivity (Wildman–Crippen MR) is 81.5 cm³/mol. The third-order valence-corrected chi connectivity index (χ3v) is 3.68. The van der Waals surface area contributed by atoms with Crippen LogP contribution in [0.15, 0.2) is 42.5 Å². The number of halogens is 2. The van der Waals surface area contributed by atoms with Crippen LogP contribution in [0.2, 0.25) is 5.02 Å². The van der Waals surface area contributed by atoms with Gasteiger partial charge in [0.05, 0.1) is 5.02 Å². The zero-order valence-electron chi connectivity index (χ0n) is 10.8. The van der Waals surface area contributed by atoms with Gasteiger partial charge in [-0.3, -0.25) is 0 Å². The Balaban J connectivity index is 2.15. The number of nitrogens with two attached hydrogens (primary N) is 1. The Hall–Kier alpha value is -1.84. The minimum atomic E-state index is -0.305. The van der Waals surface area contributed by atoms with Gasteiger partial charge in [0.25, 0.3) is 0 Å². The molecule has 3 aromatic rings. The van der Waals surface area contributed by atoms with Crippen LogP contribution in [0.1, 0.15) is 5.56 Å². The van der Waals surface area contributed by atoms with E-state index in [1.807, 2.05) is 30.3 Å². The van der Waals surface area contributed by atoms with Crippen molar-refractivity contribution in [3.8, 4) is 11.3 Å². The molecule has 3 N–H and O–H groups in total. The maximum absolute atomic E-state index is 13.8. The van der Waals surface area contributed by atoms with E-state index in [9.17, 15) is 4.39 Å². The van der Waals surface area contributed by atoms with Crippen molar-refractivity contribution in [2.75, 3.05) is 6.54 Å². The standard InChI is InChI=1S/C16H14ClFN2/c17-13-9-14(18)10(5-6-19)7-12(13)16-8-11-3-1-2-4-15(11)20-16/h1-4,7-9,20H,5-6,19H2. The van der Waals surface area contributed by atoms with Crippen LogP contribution in [0.3, 0.4) is 0 Å². The molecule has 4 heteroatoms. The van der Waals surface area contributed by atoms with Crippen LogP contribution in [0, 0.1) is 5.82 Å². The number of para-hydroxylation sites is 1. The molecule has 102 valence electrons. The lowest BCUT2D eigenvalue weighted by molar-refractivity contribution is 0.610. The van der Waals surface area contributed by atoms with Gasteiger partial charge in [-0.2, -0.15) is 0 Å². The van der Waals surface area contributed by atoms with Gasteiger partial charge in [0.15, 0.2) is 0 Å². The normalized spacial score (nSPS) is 11.2. The van der Waals surface area contributed by atoms with Crippen molar-refractivity contribution in [1.29, 1.82) is 0 Å². The molecule has 0 bridgehead atoms. The van der Waals surface area contributed by atoms with Crippen molar-refractivity contribution in [3.63, 3.8) is 0 Å². The van der Waals surface area contributed by atoms with Crippen LogP contribution >= 0.6 is 11.6 Å². The van der Waals surface area contributed by atoms with E-state index >= 15 is 0 Å². The van der Waals surface area contributed by atoms with E-state index < -0.39 is 0 Å². The van der Waals surface area contributed by atoms with Gasteiger partial charge in [0.2, 0.25) is 0 Å². The van der Waals surface area contributed by atoms with Crippen molar-refractivity contribution >= 4 is 22.5 Å². The molecule has 0 aliphatic carbocycles. The highest BCUT2D eigenvalue weighted by atomic mass is 35.5. The fourth-order valence-corrected chi connectivity index (χ4v) is 2.62. The Labute approximate surface area is 121 Å². The highest BCUT2D eigenvalue weighted by Crippen LogP contribution is 2.32. The van der Waals surface area contributed by atoms with Gasteiger partial charge >= 0.3 is 0 Å². The number of benzene rings is 2. The van der Waals surface area contributed by atoms with Crippen molar-refractivity contribution in [1.82, 2.24) is 4.98 Å². The Morgan fingerprint density at radius 2 is 1.95 bits per heavy atom. The SMILES string of the molecule is NCCc1cc(-c2cc3ccccc3[nH]2)c(Cl)cc1F. The second kappa shape index (κ2) is 5.27. The van der Waals surface area contributed by atoms with Crippen molar-refractivity contribution in [3.05, 3.63) is 58.9 Å². The van der Waals surface area contributed by atoms with Crippen LogP contribution in [0.25, 0.3) is 22.2 Å². The topological polar surface area (TPSA) is 41.8 Å². The third-order valence-electron chi connectivity index (χ3n) is 3.37. The number of H-pyrrole nitrogens is 1. The molecule has 0 fully saturated rings. The minimum absolute atomic E-state index is 0.305. The summed E-state index contributed by atoms with van der Waals surface area (Å²) < 4.78 is 13.8. The van der Waals surface area contributed by atoms with E-state index in [1.54, 1.807) is 6.07 Å². The summed E-state index contributed by atoms with van der Waals surface area (Å²) in [5.74, 6) is -0.305. The van der Waals surface area contributed by atoms with Gasteiger partial charge in [-0.15, -0.1) is 0 Å². The molecule has 1 aromatic heterocycles. The molecular formula is C16H14ClFN2. The molecule has 2 nitrogen and oxygen atoms in total. The number of aromatic nitrogens is 1. The molecule has 0 unspecified atom stereocenters. The molecule has 1 heterocycles. The summed E-state index contributed by atoms with van der Waals surface area (Å²) in [5, 5.41) is 1.50. The van der Waals surface area contributed by atoms with Crippen molar-refractivity contribution in [2.45, 2.75) is 6.42 Å². The Bertz CT molecular complexity index is 731. The van der Waals surface area contributed by atoms with Crippen LogP contribution in [0.4, 0.5) is 4.39 Å². The maximum Gasteiger partial charge on any atom is 0.127 e. The first-order valence-corrected chi connectivity index (χ1v) is 6.83. The molecule has 0 saturated heterocycles. The van der Waals surface area contributed by atoms with E-state index in [0.717, 1.165) is 22.2 Å². The van der Waals surface area contributed by atoms with Crippen molar-refractivity contribution in [2.24, 2.45) is 5.73 Å². The van der Waals surface area contributed by atoms with Gasteiger partial charge < -0.3 is 10.7 Å². The van der Waals surface area contributed by atoms with Crippen LogP contribution < -0.4 is 5.73 Å². The van der Waals surface area contributed by atoms with Gasteiger partial charge in [-0.05, 0) is 42.8 Å². The second-order valence-corrected chi connectivity index (χ2v) is 5.14. The summed E-state index contributed by atoms with van der Waals surface area (Å²) in [6, 6.07) is 13.1. The minimum Gasteiger partial charge on any atom is -0.354 e. The lowest BCUT2D eigenvalue weighted by Gasteiger charge is -2.07. The molecule has 3 rings (SSSR count). The number of aromatic amines is 1. The predicted octanol–water partition coefficient (Wildman–Crippen LogP) is 4.13. The maximum atomic E-state index is 13.8. The largest absolute Gasteiger partial charge is 0.354 e. The summed E-state index contributed by atoms with van der Waals surface area (Å²) >= 11 is 6.17. The fourth-order valence-electron chi connectivity index (χ4n) is 2.37. The molecule has 0 aliphatic rings. The lowest BCUT2D eigenvalue weighted by atomic mass is 10.0.